The molecule has 3 aliphatic rings. The second kappa shape index (κ2) is 7.14. The summed E-state index contributed by atoms with van der Waals surface area (Å²) in [5, 5.41) is 10.2. The highest BCUT2D eigenvalue weighted by Crippen LogP contribution is 2.71. The second-order valence-electron chi connectivity index (χ2n) is 9.59. The Balaban J connectivity index is 1.33. The molecule has 4 nitrogen and oxygen atoms in total. The molecule has 1 heterocycles. The third-order valence-electron chi connectivity index (χ3n) is 7.93. The zero-order valence-electron chi connectivity index (χ0n) is 17.1. The summed E-state index contributed by atoms with van der Waals surface area (Å²) in [6.45, 7) is 9.89. The van der Waals surface area contributed by atoms with Crippen LogP contribution in [0, 0.1) is 22.7 Å². The number of aliphatic hydroxyl groups is 1. The van der Waals surface area contributed by atoms with E-state index < -0.39 is 6.10 Å². The summed E-state index contributed by atoms with van der Waals surface area (Å²) < 4.78 is 18.4. The minimum Gasteiger partial charge on any atom is -0.391 e. The van der Waals surface area contributed by atoms with Crippen molar-refractivity contribution < 1.29 is 19.3 Å². The van der Waals surface area contributed by atoms with Crippen molar-refractivity contribution in [2.24, 2.45) is 22.7 Å². The lowest BCUT2D eigenvalue weighted by Crippen LogP contribution is -2.39. The van der Waals surface area contributed by atoms with Crippen molar-refractivity contribution in [1.82, 2.24) is 0 Å². The first-order chi connectivity index (χ1) is 12.8. The van der Waals surface area contributed by atoms with Gasteiger partial charge in [-0.2, -0.15) is 0 Å². The lowest BCUT2D eigenvalue weighted by Gasteiger charge is -2.39. The molecule has 0 unspecified atom stereocenters. The van der Waals surface area contributed by atoms with E-state index >= 15 is 0 Å². The summed E-state index contributed by atoms with van der Waals surface area (Å²) >= 11 is 0. The zero-order chi connectivity index (χ0) is 19.2. The minimum absolute atomic E-state index is 0.226. The first-order valence-electron chi connectivity index (χ1n) is 10.4. The van der Waals surface area contributed by atoms with Gasteiger partial charge in [0.25, 0.3) is 0 Å². The van der Waals surface area contributed by atoms with Crippen molar-refractivity contribution in [3.63, 3.8) is 0 Å². The average molecular weight is 375 g/mol. The van der Waals surface area contributed by atoms with E-state index in [2.05, 4.69) is 20.8 Å². The predicted molar refractivity (Wildman–Crippen MR) is 104 cm³/mol. The Morgan fingerprint density at radius 2 is 1.96 bits per heavy atom. The van der Waals surface area contributed by atoms with E-state index in [1.54, 1.807) is 6.92 Å². The van der Waals surface area contributed by atoms with Crippen LogP contribution in [0.25, 0.3) is 0 Å². The Bertz CT molecular complexity index is 643. The van der Waals surface area contributed by atoms with Gasteiger partial charge in [-0.3, -0.25) is 0 Å². The van der Waals surface area contributed by atoms with Crippen molar-refractivity contribution in [3.05, 3.63) is 35.9 Å². The van der Waals surface area contributed by atoms with Crippen LogP contribution in [0.2, 0.25) is 0 Å². The van der Waals surface area contributed by atoms with Crippen LogP contribution in [0.1, 0.15) is 52.5 Å². The Morgan fingerprint density at radius 1 is 1.22 bits per heavy atom. The number of fused-ring (bicyclic) bond motifs is 5. The van der Waals surface area contributed by atoms with E-state index in [1.165, 1.54) is 12.8 Å². The van der Waals surface area contributed by atoms with Gasteiger partial charge in [-0.25, -0.2) is 0 Å². The molecule has 4 rings (SSSR count). The fourth-order valence-corrected chi connectivity index (χ4v) is 5.93. The third-order valence-corrected chi connectivity index (χ3v) is 7.93. The van der Waals surface area contributed by atoms with E-state index in [9.17, 15) is 5.11 Å². The third kappa shape index (κ3) is 3.25. The summed E-state index contributed by atoms with van der Waals surface area (Å²) in [6, 6.07) is 10.1. The molecule has 0 radical (unpaired) electrons. The molecule has 7 atom stereocenters. The molecule has 1 aromatic rings. The first kappa shape index (κ1) is 19.4. The topological polar surface area (TPSA) is 47.9 Å². The maximum atomic E-state index is 10.2. The van der Waals surface area contributed by atoms with E-state index in [1.807, 2.05) is 30.3 Å². The van der Waals surface area contributed by atoms with E-state index in [0.29, 0.717) is 24.5 Å². The van der Waals surface area contributed by atoms with Crippen LogP contribution in [0.15, 0.2) is 30.3 Å². The molecule has 1 N–H and O–H groups in total. The summed E-state index contributed by atoms with van der Waals surface area (Å²) in [7, 11) is 0. The Morgan fingerprint density at radius 3 is 2.63 bits per heavy atom. The Hall–Kier alpha value is -0.940. The van der Waals surface area contributed by atoms with E-state index in [0.717, 1.165) is 17.9 Å². The second-order valence-corrected chi connectivity index (χ2v) is 9.59. The number of hydrogen-bond acceptors (Lipinski definition) is 4. The highest BCUT2D eigenvalue weighted by Gasteiger charge is 2.69. The van der Waals surface area contributed by atoms with Gasteiger partial charge in [0, 0.05) is 6.42 Å². The zero-order valence-corrected chi connectivity index (χ0v) is 17.1. The van der Waals surface area contributed by atoms with Gasteiger partial charge >= 0.3 is 0 Å². The van der Waals surface area contributed by atoms with Crippen molar-refractivity contribution in [3.8, 4) is 0 Å². The molecule has 1 aliphatic heterocycles. The summed E-state index contributed by atoms with van der Waals surface area (Å²) in [6.07, 6.45) is 2.60. The highest BCUT2D eigenvalue weighted by molar-refractivity contribution is 5.16. The number of rotatable bonds is 7. The molecule has 1 saturated heterocycles. The van der Waals surface area contributed by atoms with Crippen LogP contribution in [-0.2, 0) is 20.8 Å². The summed E-state index contributed by atoms with van der Waals surface area (Å²) in [5.74, 6) is 1.31. The largest absolute Gasteiger partial charge is 0.391 e. The molecule has 1 aromatic carbocycles. The molecule has 4 heteroatoms. The van der Waals surface area contributed by atoms with Crippen molar-refractivity contribution in [1.29, 1.82) is 0 Å². The van der Waals surface area contributed by atoms with Gasteiger partial charge in [0.2, 0.25) is 0 Å². The lowest BCUT2D eigenvalue weighted by atomic mass is 9.70. The number of benzene rings is 1. The number of hydrogen-bond donors (Lipinski definition) is 1. The van der Waals surface area contributed by atoms with E-state index in [-0.39, 0.29) is 23.9 Å². The average Bonchev–Trinajstić information content (AvgIpc) is 3.19. The van der Waals surface area contributed by atoms with E-state index in [4.69, 9.17) is 14.2 Å². The Kier molecular flexibility index (Phi) is 5.13. The molecule has 0 amide bonds. The molecule has 2 saturated carbocycles. The van der Waals surface area contributed by atoms with Crippen LogP contribution in [-0.4, -0.2) is 36.3 Å². The summed E-state index contributed by atoms with van der Waals surface area (Å²) in [5.41, 5.74) is 1.71. The lowest BCUT2D eigenvalue weighted by molar-refractivity contribution is -0.211. The van der Waals surface area contributed by atoms with Gasteiger partial charge in [0.05, 0.1) is 25.4 Å². The maximum absolute atomic E-state index is 10.2. The predicted octanol–water partition coefficient (Wildman–Crippen LogP) is 4.16. The van der Waals surface area contributed by atoms with Gasteiger partial charge in [0.15, 0.2) is 6.29 Å². The fraction of sp³-hybridized carbons (Fsp3) is 0.739. The van der Waals surface area contributed by atoms with Crippen LogP contribution >= 0.6 is 0 Å². The standard InChI is InChI=1S/C23H34O4/c1-15(24)19(14-25-13-16-8-6-5-7-9-16)26-20-12-17-18-10-11-23(4,21(17)27-20)22(18,2)3/h5-9,15,17-21,24H,10-14H2,1-4H3/t15-,17-,18+,19-,20-,21-,23-/m0/s1. The van der Waals surface area contributed by atoms with Crippen molar-refractivity contribution >= 4 is 0 Å². The van der Waals surface area contributed by atoms with Crippen molar-refractivity contribution in [2.45, 2.75) is 78.2 Å². The molecule has 0 aromatic heterocycles. The molecule has 27 heavy (non-hydrogen) atoms. The van der Waals surface area contributed by atoms with Gasteiger partial charge in [-0.05, 0) is 48.0 Å². The van der Waals surface area contributed by atoms with Crippen LogP contribution in [0.4, 0.5) is 0 Å². The van der Waals surface area contributed by atoms with Crippen LogP contribution < -0.4 is 0 Å². The van der Waals surface area contributed by atoms with Gasteiger partial charge in [0.1, 0.15) is 6.10 Å². The van der Waals surface area contributed by atoms with Gasteiger partial charge < -0.3 is 19.3 Å². The summed E-state index contributed by atoms with van der Waals surface area (Å²) in [4.78, 5) is 0. The quantitative estimate of drug-likeness (QED) is 0.779. The first-order valence-corrected chi connectivity index (χ1v) is 10.4. The Labute approximate surface area is 163 Å². The van der Waals surface area contributed by atoms with Gasteiger partial charge in [-0.1, -0.05) is 51.1 Å². The molecular formula is C23H34O4. The molecular weight excluding hydrogens is 340 g/mol. The molecule has 3 fully saturated rings. The smallest absolute Gasteiger partial charge is 0.158 e. The molecule has 2 bridgehead atoms. The monoisotopic (exact) mass is 374 g/mol. The number of ether oxygens (including phenoxy) is 3. The normalized spacial score (nSPS) is 38.7. The molecule has 0 spiro atoms. The van der Waals surface area contributed by atoms with Crippen LogP contribution in [0.5, 0.6) is 0 Å². The molecule has 2 aliphatic carbocycles. The van der Waals surface area contributed by atoms with Crippen LogP contribution in [0.3, 0.4) is 0 Å². The van der Waals surface area contributed by atoms with Crippen molar-refractivity contribution in [2.75, 3.05) is 6.61 Å². The number of aliphatic hydroxyl groups excluding tert-OH is 1. The SMILES string of the molecule is C[C@H](O)[C@H](COCc1ccccc1)O[C@@H]1C[C@H]2[C@H]3CC[C@@](C)([C@H]2O1)C3(C)C. The highest BCUT2D eigenvalue weighted by atomic mass is 16.7. The maximum Gasteiger partial charge on any atom is 0.158 e. The fourth-order valence-electron chi connectivity index (χ4n) is 5.93. The molecule has 150 valence electrons. The minimum atomic E-state index is -0.589. The van der Waals surface area contributed by atoms with Gasteiger partial charge in [-0.15, -0.1) is 0 Å².